The van der Waals surface area contributed by atoms with Gasteiger partial charge in [0.15, 0.2) is 11.6 Å². The van der Waals surface area contributed by atoms with Crippen LogP contribution in [0.3, 0.4) is 0 Å². The zero-order chi connectivity index (χ0) is 16.8. The summed E-state index contributed by atoms with van der Waals surface area (Å²) in [6.45, 7) is 7.22. The first-order chi connectivity index (χ1) is 11.6. The highest BCUT2D eigenvalue weighted by Gasteiger charge is 2.29. The van der Waals surface area contributed by atoms with Gasteiger partial charge in [-0.25, -0.2) is 28.9 Å². The lowest BCUT2D eigenvalue weighted by atomic mass is 10.0. The second-order valence-electron chi connectivity index (χ2n) is 5.17. The fourth-order valence-corrected chi connectivity index (χ4v) is 2.83. The Bertz CT molecular complexity index is 1130. The topological polar surface area (TPSA) is 53.9 Å². The molecule has 1 aliphatic rings. The summed E-state index contributed by atoms with van der Waals surface area (Å²) in [5.74, 6) is -2.03. The van der Waals surface area contributed by atoms with E-state index < -0.39 is 11.6 Å². The van der Waals surface area contributed by atoms with Crippen LogP contribution in [0.15, 0.2) is 42.1 Å². The predicted molar refractivity (Wildman–Crippen MR) is 83.1 cm³/mol. The van der Waals surface area contributed by atoms with Gasteiger partial charge in [-0.2, -0.15) is 0 Å². The van der Waals surface area contributed by atoms with E-state index in [2.05, 4.69) is 14.8 Å². The maximum atomic E-state index is 13.5. The van der Waals surface area contributed by atoms with Crippen molar-refractivity contribution in [2.24, 2.45) is 0 Å². The second-order valence-corrected chi connectivity index (χ2v) is 5.17. The lowest BCUT2D eigenvalue weighted by molar-refractivity contribution is 0.510. The normalized spacial score (nSPS) is 13.8. The summed E-state index contributed by atoms with van der Waals surface area (Å²) in [5, 5.41) is 9.25. The van der Waals surface area contributed by atoms with Crippen LogP contribution in [-0.2, 0) is 0 Å². The smallest absolute Gasteiger partial charge is 0.245 e. The number of benzene rings is 2. The van der Waals surface area contributed by atoms with Crippen molar-refractivity contribution in [1.29, 1.82) is 5.26 Å². The van der Waals surface area contributed by atoms with E-state index in [0.717, 1.165) is 12.1 Å². The van der Waals surface area contributed by atoms with Crippen molar-refractivity contribution in [1.82, 2.24) is 9.97 Å². The van der Waals surface area contributed by atoms with E-state index in [4.69, 9.17) is 6.57 Å². The van der Waals surface area contributed by atoms with Gasteiger partial charge in [0.2, 0.25) is 0 Å². The molecular weight excluding hydrogens is 310 g/mol. The van der Waals surface area contributed by atoms with Gasteiger partial charge in [-0.05, 0) is 5.56 Å². The first-order valence-electron chi connectivity index (χ1n) is 6.93. The quantitative estimate of drug-likeness (QED) is 0.363. The lowest BCUT2D eigenvalue weighted by Crippen LogP contribution is -1.96. The Hall–Kier alpha value is -3.64. The Kier molecular flexibility index (Phi) is 2.88. The van der Waals surface area contributed by atoms with Crippen molar-refractivity contribution >= 4 is 16.6 Å². The molecule has 0 spiro atoms. The van der Waals surface area contributed by atoms with E-state index in [1.54, 1.807) is 24.3 Å². The average molecular weight is 316 g/mol. The molecule has 4 rings (SSSR count). The number of aromatic nitrogens is 2. The summed E-state index contributed by atoms with van der Waals surface area (Å²) >= 11 is 0. The van der Waals surface area contributed by atoms with E-state index in [-0.39, 0.29) is 16.7 Å². The Balaban J connectivity index is 2.17. The van der Waals surface area contributed by atoms with Crippen LogP contribution in [0.2, 0.25) is 0 Å². The summed E-state index contributed by atoms with van der Waals surface area (Å²) in [6, 6.07) is 11.0. The Morgan fingerprint density at radius 2 is 1.58 bits per heavy atom. The van der Waals surface area contributed by atoms with E-state index >= 15 is 0 Å². The van der Waals surface area contributed by atoms with Crippen LogP contribution in [0.1, 0.15) is 11.3 Å². The molecule has 1 aromatic heterocycles. The molecule has 2 aromatic carbocycles. The Morgan fingerprint density at radius 1 is 1.00 bits per heavy atom. The highest BCUT2D eigenvalue weighted by Crippen LogP contribution is 2.44. The third-order valence-corrected chi connectivity index (χ3v) is 3.85. The summed E-state index contributed by atoms with van der Waals surface area (Å²) < 4.78 is 27.0. The van der Waals surface area contributed by atoms with Crippen molar-refractivity contribution in [2.75, 3.05) is 0 Å². The van der Waals surface area contributed by atoms with Crippen molar-refractivity contribution < 1.29 is 8.78 Å². The number of nitriles is 1. The molecule has 0 saturated carbocycles. The van der Waals surface area contributed by atoms with Gasteiger partial charge in [0.1, 0.15) is 0 Å². The first kappa shape index (κ1) is 14.0. The Labute approximate surface area is 135 Å². The molecule has 112 valence electrons. The van der Waals surface area contributed by atoms with Crippen molar-refractivity contribution in [3.05, 3.63) is 76.4 Å². The van der Waals surface area contributed by atoms with E-state index in [9.17, 15) is 14.0 Å². The molecule has 0 amide bonds. The number of allylic oxidation sites excluding steroid dienone is 1. The average Bonchev–Trinajstić information content (AvgIpc) is 2.90. The van der Waals surface area contributed by atoms with Gasteiger partial charge in [0, 0.05) is 23.3 Å². The summed E-state index contributed by atoms with van der Waals surface area (Å²) in [5.41, 5.74) is 2.80. The first-order valence-corrected chi connectivity index (χ1v) is 6.93. The zero-order valence-corrected chi connectivity index (χ0v) is 12.0. The fourth-order valence-electron chi connectivity index (χ4n) is 2.83. The van der Waals surface area contributed by atoms with Gasteiger partial charge < -0.3 is 0 Å². The minimum Gasteiger partial charge on any atom is -0.245 e. The molecule has 0 radical (unpaired) electrons. The van der Waals surface area contributed by atoms with Crippen LogP contribution >= 0.6 is 0 Å². The molecule has 0 aliphatic heterocycles. The van der Waals surface area contributed by atoms with Gasteiger partial charge >= 0.3 is 0 Å². The highest BCUT2D eigenvalue weighted by molar-refractivity contribution is 6.02. The van der Waals surface area contributed by atoms with E-state index in [1.165, 1.54) is 0 Å². The third kappa shape index (κ3) is 1.81. The minimum atomic E-state index is -1.02. The molecule has 0 bridgehead atoms. The number of fused-ring (bicyclic) bond motifs is 4. The number of rotatable bonds is 0. The van der Waals surface area contributed by atoms with Crippen LogP contribution in [0.25, 0.3) is 32.7 Å². The third-order valence-electron chi connectivity index (χ3n) is 3.85. The van der Waals surface area contributed by atoms with Crippen molar-refractivity contribution in [3.8, 4) is 17.3 Å². The molecule has 0 saturated heterocycles. The highest BCUT2D eigenvalue weighted by atomic mass is 19.2. The fraction of sp³-hybridized carbons (Fsp3) is 0. The maximum Gasteiger partial charge on any atom is 0.271 e. The van der Waals surface area contributed by atoms with E-state index in [1.807, 2.05) is 6.07 Å². The maximum absolute atomic E-state index is 13.5. The molecule has 6 heteroatoms. The summed E-state index contributed by atoms with van der Waals surface area (Å²) in [6.07, 6.45) is 0. The number of halogens is 2. The van der Waals surface area contributed by atoms with Gasteiger partial charge in [0.25, 0.3) is 5.70 Å². The largest absolute Gasteiger partial charge is 0.271 e. The van der Waals surface area contributed by atoms with Gasteiger partial charge in [-0.15, -0.1) is 0 Å². The number of hydrogen-bond acceptors (Lipinski definition) is 3. The molecule has 24 heavy (non-hydrogen) atoms. The van der Waals surface area contributed by atoms with Crippen LogP contribution < -0.4 is 0 Å². The molecule has 4 nitrogen and oxygen atoms in total. The standard InChI is InChI=1S/C18H6F2N4/c1-22-15(8-21)16-9-4-2-3-5-10(9)17-18(16)24-14-7-12(20)11(19)6-13(14)23-17/h2-7H/b16-15+. The molecule has 0 atom stereocenters. The van der Waals surface area contributed by atoms with Crippen molar-refractivity contribution in [2.45, 2.75) is 0 Å². The van der Waals surface area contributed by atoms with Crippen LogP contribution in [0.5, 0.6) is 0 Å². The molecule has 3 aromatic rings. The molecule has 0 fully saturated rings. The molecule has 1 aliphatic carbocycles. The molecule has 0 unspecified atom stereocenters. The predicted octanol–water partition coefficient (Wildman–Crippen LogP) is 4.09. The Morgan fingerprint density at radius 3 is 2.17 bits per heavy atom. The van der Waals surface area contributed by atoms with Crippen LogP contribution in [0, 0.1) is 29.5 Å². The number of hydrogen-bond donors (Lipinski definition) is 0. The zero-order valence-electron chi connectivity index (χ0n) is 12.0. The van der Waals surface area contributed by atoms with Crippen LogP contribution in [0.4, 0.5) is 8.78 Å². The van der Waals surface area contributed by atoms with Gasteiger partial charge in [0.05, 0.1) is 35.1 Å². The lowest BCUT2D eigenvalue weighted by Gasteiger charge is -2.04. The van der Waals surface area contributed by atoms with E-state index in [0.29, 0.717) is 28.1 Å². The monoisotopic (exact) mass is 316 g/mol. The summed E-state index contributed by atoms with van der Waals surface area (Å²) in [4.78, 5) is 12.0. The molecule has 0 N–H and O–H groups in total. The minimum absolute atomic E-state index is 0.113. The van der Waals surface area contributed by atoms with Crippen molar-refractivity contribution in [3.63, 3.8) is 0 Å². The molecule has 1 heterocycles. The SMILES string of the molecule is [C-]#[N+]/C(C#N)=C1\c2ccccc2-c2nc3cc(F)c(F)cc3nc21. The van der Waals surface area contributed by atoms with Gasteiger partial charge in [-0.1, -0.05) is 24.3 Å². The van der Waals surface area contributed by atoms with Gasteiger partial charge in [-0.3, -0.25) is 0 Å². The number of nitrogens with zero attached hydrogens (tertiary/aromatic N) is 4. The molecular formula is C18H6F2N4. The van der Waals surface area contributed by atoms with Crippen LogP contribution in [-0.4, -0.2) is 9.97 Å². The second kappa shape index (κ2) is 4.94. The summed E-state index contributed by atoms with van der Waals surface area (Å²) in [7, 11) is 0.